The Morgan fingerprint density at radius 3 is 2.34 bits per heavy atom. The van der Waals surface area contributed by atoms with Gasteiger partial charge in [-0.1, -0.05) is 12.1 Å². The number of hydrogen-bond acceptors (Lipinski definition) is 4. The predicted molar refractivity (Wildman–Crippen MR) is 104 cm³/mol. The van der Waals surface area contributed by atoms with Gasteiger partial charge in [-0.05, 0) is 53.9 Å². The molecule has 10 heteroatoms. The minimum atomic E-state index is -4.47. The standard InChI is InChI=1S/C19H15F3N2O3S2/c20-19(21,22)14-6-8-15(9-7-14)24-18(25)13-3-1-5-17(11-13)29(26,27)23-12-16-4-2-10-28-16/h1-11,23H,12H2,(H,24,25). The van der Waals surface area contributed by atoms with E-state index in [1.165, 1.54) is 35.6 Å². The third-order valence-corrected chi connectivity index (χ3v) is 6.17. The van der Waals surface area contributed by atoms with E-state index in [9.17, 15) is 26.4 Å². The van der Waals surface area contributed by atoms with Crippen LogP contribution in [0.2, 0.25) is 0 Å². The summed E-state index contributed by atoms with van der Waals surface area (Å²) in [6, 6.07) is 13.0. The van der Waals surface area contributed by atoms with Crippen molar-refractivity contribution in [3.63, 3.8) is 0 Å². The highest BCUT2D eigenvalue weighted by Gasteiger charge is 2.30. The Morgan fingerprint density at radius 2 is 1.72 bits per heavy atom. The van der Waals surface area contributed by atoms with Crippen molar-refractivity contribution in [1.82, 2.24) is 4.72 Å². The lowest BCUT2D eigenvalue weighted by Crippen LogP contribution is -2.23. The summed E-state index contributed by atoms with van der Waals surface area (Å²) in [6.45, 7) is 0.127. The summed E-state index contributed by atoms with van der Waals surface area (Å²) in [5, 5.41) is 4.28. The van der Waals surface area contributed by atoms with Crippen LogP contribution < -0.4 is 10.0 Å². The normalized spacial score (nSPS) is 12.0. The summed E-state index contributed by atoms with van der Waals surface area (Å²) in [4.78, 5) is 13.1. The van der Waals surface area contributed by atoms with Gasteiger partial charge in [0.2, 0.25) is 10.0 Å². The van der Waals surface area contributed by atoms with Crippen molar-refractivity contribution >= 4 is 33.0 Å². The Balaban J connectivity index is 1.72. The number of carbonyl (C=O) groups excluding carboxylic acids is 1. The molecule has 0 aliphatic heterocycles. The van der Waals surface area contributed by atoms with Gasteiger partial charge in [-0.3, -0.25) is 4.79 Å². The van der Waals surface area contributed by atoms with E-state index in [-0.39, 0.29) is 22.7 Å². The van der Waals surface area contributed by atoms with Gasteiger partial charge in [-0.25, -0.2) is 13.1 Å². The number of carbonyl (C=O) groups is 1. The molecule has 0 radical (unpaired) electrons. The predicted octanol–water partition coefficient (Wildman–Crippen LogP) is 4.50. The molecule has 3 aromatic rings. The summed E-state index contributed by atoms with van der Waals surface area (Å²) in [5.41, 5.74) is -0.614. The molecule has 0 bridgehead atoms. The van der Waals surface area contributed by atoms with Gasteiger partial charge in [0, 0.05) is 22.7 Å². The quantitative estimate of drug-likeness (QED) is 0.593. The van der Waals surface area contributed by atoms with E-state index in [4.69, 9.17) is 0 Å². The highest BCUT2D eigenvalue weighted by atomic mass is 32.2. The molecule has 5 nitrogen and oxygen atoms in total. The summed E-state index contributed by atoms with van der Waals surface area (Å²) < 4.78 is 65.2. The van der Waals surface area contributed by atoms with Crippen molar-refractivity contribution in [2.75, 3.05) is 5.32 Å². The first-order valence-electron chi connectivity index (χ1n) is 8.26. The van der Waals surface area contributed by atoms with E-state index in [1.807, 2.05) is 5.38 Å². The fraction of sp³-hybridized carbons (Fsp3) is 0.105. The molecular formula is C19H15F3N2O3S2. The number of halogens is 3. The zero-order chi connectivity index (χ0) is 21.1. The molecule has 152 valence electrons. The van der Waals surface area contributed by atoms with Gasteiger partial charge in [0.15, 0.2) is 0 Å². The van der Waals surface area contributed by atoms with Gasteiger partial charge in [0.1, 0.15) is 0 Å². The minimum Gasteiger partial charge on any atom is -0.322 e. The van der Waals surface area contributed by atoms with Gasteiger partial charge in [0.05, 0.1) is 10.5 Å². The van der Waals surface area contributed by atoms with Gasteiger partial charge >= 0.3 is 6.18 Å². The Labute approximate surface area is 169 Å². The van der Waals surface area contributed by atoms with Gasteiger partial charge < -0.3 is 5.32 Å². The molecule has 2 aromatic carbocycles. The zero-order valence-corrected chi connectivity index (χ0v) is 16.4. The number of hydrogen-bond donors (Lipinski definition) is 2. The number of anilines is 1. The van der Waals surface area contributed by atoms with E-state index in [0.717, 1.165) is 29.1 Å². The first-order chi connectivity index (χ1) is 13.6. The van der Waals surface area contributed by atoms with Crippen LogP contribution in [0.25, 0.3) is 0 Å². The summed E-state index contributed by atoms with van der Waals surface area (Å²) in [6.07, 6.45) is -4.47. The van der Waals surface area contributed by atoms with E-state index >= 15 is 0 Å². The van der Waals surface area contributed by atoms with Crippen molar-refractivity contribution in [2.24, 2.45) is 0 Å². The molecule has 0 fully saturated rings. The van der Waals surface area contributed by atoms with Crippen molar-refractivity contribution in [3.05, 3.63) is 82.0 Å². The SMILES string of the molecule is O=C(Nc1ccc(C(F)(F)F)cc1)c1cccc(S(=O)(=O)NCc2cccs2)c1. The molecule has 2 N–H and O–H groups in total. The molecule has 0 atom stereocenters. The molecule has 0 saturated carbocycles. The van der Waals surface area contributed by atoms with Gasteiger partial charge in [-0.15, -0.1) is 11.3 Å². The minimum absolute atomic E-state index is 0.0592. The van der Waals surface area contributed by atoms with Crippen molar-refractivity contribution in [2.45, 2.75) is 17.6 Å². The molecule has 29 heavy (non-hydrogen) atoms. The van der Waals surface area contributed by atoms with E-state index in [1.54, 1.807) is 12.1 Å². The van der Waals surface area contributed by atoms with Crippen molar-refractivity contribution in [1.29, 1.82) is 0 Å². The number of sulfonamides is 1. The van der Waals surface area contributed by atoms with E-state index in [0.29, 0.717) is 0 Å². The van der Waals surface area contributed by atoms with Gasteiger partial charge in [0.25, 0.3) is 5.91 Å². The number of rotatable bonds is 6. The Bertz CT molecular complexity index is 1090. The monoisotopic (exact) mass is 440 g/mol. The van der Waals surface area contributed by atoms with Crippen LogP contribution in [0.15, 0.2) is 70.9 Å². The number of amides is 1. The molecule has 0 unspecified atom stereocenters. The second-order valence-electron chi connectivity index (χ2n) is 5.96. The zero-order valence-electron chi connectivity index (χ0n) is 14.7. The first kappa shape index (κ1) is 21.0. The molecule has 3 rings (SSSR count). The number of nitrogens with one attached hydrogen (secondary N) is 2. The molecule has 1 amide bonds. The molecule has 0 aliphatic rings. The lowest BCUT2D eigenvalue weighted by atomic mass is 10.2. The molecule has 0 saturated heterocycles. The third-order valence-electron chi connectivity index (χ3n) is 3.89. The highest BCUT2D eigenvalue weighted by Crippen LogP contribution is 2.29. The molecular weight excluding hydrogens is 425 g/mol. The first-order valence-corrected chi connectivity index (χ1v) is 10.6. The second-order valence-corrected chi connectivity index (χ2v) is 8.76. The maximum atomic E-state index is 12.6. The maximum absolute atomic E-state index is 12.6. The Kier molecular flexibility index (Phi) is 6.06. The fourth-order valence-corrected chi connectivity index (χ4v) is 4.20. The second kappa shape index (κ2) is 8.36. The number of thiophene rings is 1. The summed E-state index contributed by atoms with van der Waals surface area (Å²) in [7, 11) is -3.84. The Hall–Kier alpha value is -2.69. The molecule has 1 heterocycles. The van der Waals surface area contributed by atoms with Crippen molar-refractivity contribution < 1.29 is 26.4 Å². The lowest BCUT2D eigenvalue weighted by Gasteiger charge is -2.10. The molecule has 0 aliphatic carbocycles. The van der Waals surface area contributed by atoms with Crippen LogP contribution in [0.5, 0.6) is 0 Å². The summed E-state index contributed by atoms with van der Waals surface area (Å²) >= 11 is 1.41. The Morgan fingerprint density at radius 1 is 1.00 bits per heavy atom. The van der Waals surface area contributed by atoms with Crippen LogP contribution >= 0.6 is 11.3 Å². The van der Waals surface area contributed by atoms with Crippen molar-refractivity contribution in [3.8, 4) is 0 Å². The van der Waals surface area contributed by atoms with Crippen LogP contribution in [0.1, 0.15) is 20.8 Å². The van der Waals surface area contributed by atoms with Gasteiger partial charge in [-0.2, -0.15) is 13.2 Å². The molecule has 1 aromatic heterocycles. The largest absolute Gasteiger partial charge is 0.416 e. The third kappa shape index (κ3) is 5.43. The topological polar surface area (TPSA) is 75.3 Å². The fourth-order valence-electron chi connectivity index (χ4n) is 2.41. The average molecular weight is 440 g/mol. The van der Waals surface area contributed by atoms with E-state index in [2.05, 4.69) is 10.0 Å². The lowest BCUT2D eigenvalue weighted by molar-refractivity contribution is -0.137. The van der Waals surface area contributed by atoms with Crippen LogP contribution in [-0.2, 0) is 22.7 Å². The highest BCUT2D eigenvalue weighted by molar-refractivity contribution is 7.89. The summed E-state index contributed by atoms with van der Waals surface area (Å²) in [5.74, 6) is -0.639. The van der Waals surface area contributed by atoms with Crippen LogP contribution in [0, 0.1) is 0 Å². The van der Waals surface area contributed by atoms with Crippen LogP contribution in [0.4, 0.5) is 18.9 Å². The number of alkyl halides is 3. The number of benzene rings is 2. The van der Waals surface area contributed by atoms with E-state index < -0.39 is 27.7 Å². The average Bonchev–Trinajstić information content (AvgIpc) is 3.20. The van der Waals surface area contributed by atoms with Crippen LogP contribution in [0.3, 0.4) is 0 Å². The van der Waals surface area contributed by atoms with Crippen LogP contribution in [-0.4, -0.2) is 14.3 Å². The smallest absolute Gasteiger partial charge is 0.322 e. The maximum Gasteiger partial charge on any atom is 0.416 e. The molecule has 0 spiro atoms.